The Morgan fingerprint density at radius 1 is 0.750 bits per heavy atom. The second kappa shape index (κ2) is 22.3. The van der Waals surface area contributed by atoms with Crippen molar-refractivity contribution in [3.8, 4) is 0 Å². The zero-order valence-corrected chi connectivity index (χ0v) is 19.9. The van der Waals surface area contributed by atoms with Crippen molar-refractivity contribution in [1.29, 1.82) is 0 Å². The number of ether oxygens (including phenoxy) is 2. The molecule has 0 aliphatic rings. The fourth-order valence-corrected chi connectivity index (χ4v) is 3.18. The number of rotatable bonds is 22. The van der Waals surface area contributed by atoms with Crippen LogP contribution in [0.15, 0.2) is 12.2 Å². The monoisotopic (exact) mass is 456 g/mol. The van der Waals surface area contributed by atoms with Crippen LogP contribution in [-0.4, -0.2) is 47.4 Å². The van der Waals surface area contributed by atoms with Crippen LogP contribution in [0.5, 0.6) is 0 Å². The summed E-state index contributed by atoms with van der Waals surface area (Å²) in [7, 11) is 0. The zero-order chi connectivity index (χ0) is 23.9. The maximum absolute atomic E-state index is 11.8. The van der Waals surface area contributed by atoms with Crippen LogP contribution in [0.4, 0.5) is 0 Å². The first-order valence-electron chi connectivity index (χ1n) is 12.3. The highest BCUT2D eigenvalue weighted by Crippen LogP contribution is 2.10. The number of carbonyl (C=O) groups is 3. The molecular formula is C25H44O7. The average Bonchev–Trinajstić information content (AvgIpc) is 2.77. The number of hydrogen-bond donors (Lipinski definition) is 2. The van der Waals surface area contributed by atoms with Crippen LogP contribution < -0.4 is 0 Å². The Morgan fingerprint density at radius 2 is 1.31 bits per heavy atom. The highest BCUT2D eigenvalue weighted by Gasteiger charge is 2.16. The molecule has 0 bridgehead atoms. The van der Waals surface area contributed by atoms with Crippen LogP contribution in [-0.2, 0) is 23.9 Å². The molecule has 0 spiro atoms. The topological polar surface area (TPSA) is 110 Å². The summed E-state index contributed by atoms with van der Waals surface area (Å²) in [6.45, 7) is 1.53. The van der Waals surface area contributed by atoms with Crippen LogP contribution in [0.25, 0.3) is 0 Å². The maximum Gasteiger partial charge on any atom is 0.306 e. The van der Waals surface area contributed by atoms with Gasteiger partial charge in [-0.3, -0.25) is 14.4 Å². The van der Waals surface area contributed by atoms with Gasteiger partial charge >= 0.3 is 17.9 Å². The quantitative estimate of drug-likeness (QED) is 0.129. The molecule has 1 unspecified atom stereocenters. The third-order valence-corrected chi connectivity index (χ3v) is 5.12. The molecule has 0 aromatic carbocycles. The normalized spacial score (nSPS) is 12.1. The van der Waals surface area contributed by atoms with Crippen LogP contribution >= 0.6 is 0 Å². The first-order valence-corrected chi connectivity index (χ1v) is 12.3. The van der Waals surface area contributed by atoms with E-state index in [4.69, 9.17) is 14.6 Å². The fourth-order valence-electron chi connectivity index (χ4n) is 3.18. The van der Waals surface area contributed by atoms with Crippen molar-refractivity contribution < 1.29 is 34.1 Å². The Kier molecular flexibility index (Phi) is 21.0. The highest BCUT2D eigenvalue weighted by atomic mass is 16.6. The summed E-state index contributed by atoms with van der Waals surface area (Å²) in [5.74, 6) is -2.23. The summed E-state index contributed by atoms with van der Waals surface area (Å²) in [5, 5.41) is 17.7. The van der Waals surface area contributed by atoms with E-state index < -0.39 is 24.6 Å². The van der Waals surface area contributed by atoms with E-state index in [1.54, 1.807) is 0 Å². The van der Waals surface area contributed by atoms with Gasteiger partial charge < -0.3 is 19.7 Å². The molecule has 2 N–H and O–H groups in total. The van der Waals surface area contributed by atoms with E-state index in [0.29, 0.717) is 6.42 Å². The molecule has 0 aliphatic heterocycles. The van der Waals surface area contributed by atoms with Gasteiger partial charge in [-0.15, -0.1) is 0 Å². The number of carboxylic acid groups (broad SMARTS) is 1. The molecule has 32 heavy (non-hydrogen) atoms. The largest absolute Gasteiger partial charge is 0.481 e. The lowest BCUT2D eigenvalue weighted by Gasteiger charge is -2.15. The smallest absolute Gasteiger partial charge is 0.306 e. The predicted octanol–water partition coefficient (Wildman–Crippen LogP) is 5.34. The van der Waals surface area contributed by atoms with Crippen molar-refractivity contribution in [2.75, 3.05) is 13.2 Å². The standard InChI is InChI=1S/C25H44O7/c1-2-3-4-5-6-7-8-9-10-11-12-13-14-15-16-17-24(29)31-21-22(20-26)32-25(30)19-18-23(27)28/h9-10,22,26H,2-8,11-21H2,1H3,(H,27,28)/b10-9-. The van der Waals surface area contributed by atoms with Crippen molar-refractivity contribution in [2.24, 2.45) is 0 Å². The number of hydrogen-bond acceptors (Lipinski definition) is 6. The van der Waals surface area contributed by atoms with E-state index in [1.165, 1.54) is 51.4 Å². The van der Waals surface area contributed by atoms with E-state index in [2.05, 4.69) is 19.1 Å². The Bertz CT molecular complexity index is 516. The van der Waals surface area contributed by atoms with E-state index in [-0.39, 0.29) is 25.4 Å². The third kappa shape index (κ3) is 21.3. The molecule has 0 aromatic heterocycles. The molecule has 0 amide bonds. The zero-order valence-electron chi connectivity index (χ0n) is 19.9. The first-order chi connectivity index (χ1) is 15.5. The Morgan fingerprint density at radius 3 is 1.88 bits per heavy atom. The lowest BCUT2D eigenvalue weighted by atomic mass is 10.1. The molecule has 1 atom stereocenters. The lowest BCUT2D eigenvalue weighted by Crippen LogP contribution is -2.28. The van der Waals surface area contributed by atoms with Crippen LogP contribution in [0.2, 0.25) is 0 Å². The lowest BCUT2D eigenvalue weighted by molar-refractivity contribution is -0.162. The molecular weight excluding hydrogens is 412 g/mol. The summed E-state index contributed by atoms with van der Waals surface area (Å²) >= 11 is 0. The van der Waals surface area contributed by atoms with Crippen LogP contribution in [0.1, 0.15) is 110 Å². The molecule has 7 nitrogen and oxygen atoms in total. The van der Waals surface area contributed by atoms with Gasteiger partial charge in [0.2, 0.25) is 0 Å². The van der Waals surface area contributed by atoms with E-state index in [1.807, 2.05) is 0 Å². The Labute approximate surface area is 193 Å². The average molecular weight is 457 g/mol. The molecule has 0 fully saturated rings. The van der Waals surface area contributed by atoms with Gasteiger partial charge in [0.1, 0.15) is 6.61 Å². The van der Waals surface area contributed by atoms with E-state index >= 15 is 0 Å². The summed E-state index contributed by atoms with van der Waals surface area (Å²) in [6.07, 6.45) is 18.7. The van der Waals surface area contributed by atoms with Crippen molar-refractivity contribution in [1.82, 2.24) is 0 Å². The van der Waals surface area contributed by atoms with Crippen LogP contribution in [0, 0.1) is 0 Å². The maximum atomic E-state index is 11.8. The number of unbranched alkanes of at least 4 members (excludes halogenated alkanes) is 11. The molecule has 186 valence electrons. The molecule has 0 radical (unpaired) electrons. The number of aliphatic hydroxyl groups excluding tert-OH is 1. The van der Waals surface area contributed by atoms with Gasteiger partial charge in [0.05, 0.1) is 19.4 Å². The summed E-state index contributed by atoms with van der Waals surface area (Å²) < 4.78 is 9.94. The summed E-state index contributed by atoms with van der Waals surface area (Å²) in [6, 6.07) is 0. The number of allylic oxidation sites excluding steroid dienone is 2. The van der Waals surface area contributed by atoms with Crippen molar-refractivity contribution in [3.63, 3.8) is 0 Å². The molecule has 0 saturated heterocycles. The number of esters is 2. The molecule has 0 saturated carbocycles. The van der Waals surface area contributed by atoms with Gasteiger partial charge in [-0.2, -0.15) is 0 Å². The molecule has 0 rings (SSSR count). The predicted molar refractivity (Wildman–Crippen MR) is 124 cm³/mol. The van der Waals surface area contributed by atoms with Gasteiger partial charge in [-0.05, 0) is 32.1 Å². The minimum atomic E-state index is -1.10. The second-order valence-corrected chi connectivity index (χ2v) is 8.21. The Hall–Kier alpha value is -1.89. The van der Waals surface area contributed by atoms with E-state index in [0.717, 1.165) is 32.1 Å². The fraction of sp³-hybridized carbons (Fsp3) is 0.800. The first kappa shape index (κ1) is 30.1. The van der Waals surface area contributed by atoms with Gasteiger partial charge in [0, 0.05) is 6.42 Å². The highest BCUT2D eigenvalue weighted by molar-refractivity contribution is 5.76. The minimum Gasteiger partial charge on any atom is -0.481 e. The van der Waals surface area contributed by atoms with Crippen molar-refractivity contribution in [3.05, 3.63) is 12.2 Å². The molecule has 0 aliphatic carbocycles. The summed E-state index contributed by atoms with van der Waals surface area (Å²) in [5.41, 5.74) is 0. The Balaban J connectivity index is 3.56. The second-order valence-electron chi connectivity index (χ2n) is 8.21. The van der Waals surface area contributed by atoms with Crippen molar-refractivity contribution in [2.45, 2.75) is 116 Å². The number of carboxylic acids is 1. The number of aliphatic carboxylic acids is 1. The van der Waals surface area contributed by atoms with E-state index in [9.17, 15) is 19.5 Å². The van der Waals surface area contributed by atoms with Gasteiger partial charge in [-0.25, -0.2) is 0 Å². The molecule has 0 aromatic rings. The van der Waals surface area contributed by atoms with Crippen molar-refractivity contribution >= 4 is 17.9 Å². The molecule has 0 heterocycles. The van der Waals surface area contributed by atoms with Crippen LogP contribution in [0.3, 0.4) is 0 Å². The van der Waals surface area contributed by atoms with Gasteiger partial charge in [0.15, 0.2) is 6.10 Å². The van der Waals surface area contributed by atoms with Gasteiger partial charge in [0.25, 0.3) is 0 Å². The third-order valence-electron chi connectivity index (χ3n) is 5.12. The summed E-state index contributed by atoms with van der Waals surface area (Å²) in [4.78, 5) is 33.6. The minimum absolute atomic E-state index is 0.223. The van der Waals surface area contributed by atoms with Gasteiger partial charge in [-0.1, -0.05) is 70.4 Å². The number of aliphatic hydroxyl groups is 1. The number of carbonyl (C=O) groups excluding carboxylic acids is 2. The SMILES string of the molecule is CCCCCCCC/C=C\CCCCCCCC(=O)OCC(CO)OC(=O)CCC(=O)O. The molecule has 7 heteroatoms.